The maximum Gasteiger partial charge on any atom is 0.407 e. The molecule has 8 nitrogen and oxygen atoms in total. The van der Waals surface area contributed by atoms with Crippen LogP contribution in [0.1, 0.15) is 29.9 Å². The molecular weight excluding hydrogens is 455 g/mol. The van der Waals surface area contributed by atoms with E-state index >= 15 is 0 Å². The van der Waals surface area contributed by atoms with Crippen molar-refractivity contribution in [2.75, 3.05) is 11.9 Å². The zero-order valence-electron chi connectivity index (χ0n) is 18.5. The Balaban J connectivity index is 1.45. The lowest BCUT2D eigenvalue weighted by molar-refractivity contribution is -0.137. The molecule has 0 aliphatic heterocycles. The van der Waals surface area contributed by atoms with Crippen LogP contribution in [-0.2, 0) is 14.3 Å². The average Bonchev–Trinajstić information content (AvgIpc) is 3.16. The molecule has 4 N–H and O–H groups in total. The Bertz CT molecular complexity index is 1210. The molecule has 0 heterocycles. The standard InChI is InChI=1S/C26H23FN2O6/c27-20-10-5-11-22(30)24(20)29-25(33)21(12-13-23(31)32)28-26(34)35-14-19-17-8-3-1-6-15(17)16-7-2-4-9-18(16)19/h1-11,19,21,30H,12-14H2,(H,28,34)(H,29,33)(H,31,32). The van der Waals surface area contributed by atoms with Crippen molar-refractivity contribution in [3.05, 3.63) is 83.7 Å². The highest BCUT2D eigenvalue weighted by Crippen LogP contribution is 2.44. The van der Waals surface area contributed by atoms with Crippen LogP contribution in [-0.4, -0.2) is 40.8 Å². The number of carboxylic acids is 1. The van der Waals surface area contributed by atoms with Gasteiger partial charge in [-0.2, -0.15) is 0 Å². The number of hydrogen-bond donors (Lipinski definition) is 4. The molecule has 9 heteroatoms. The van der Waals surface area contributed by atoms with Crippen LogP contribution in [0.3, 0.4) is 0 Å². The minimum absolute atomic E-state index is 0.00122. The molecule has 1 aliphatic rings. The van der Waals surface area contributed by atoms with Crippen LogP contribution in [0.5, 0.6) is 5.75 Å². The minimum Gasteiger partial charge on any atom is -0.506 e. The van der Waals surface area contributed by atoms with E-state index in [1.807, 2.05) is 48.5 Å². The summed E-state index contributed by atoms with van der Waals surface area (Å²) in [5.41, 5.74) is 3.67. The SMILES string of the molecule is O=C(O)CCC(NC(=O)OCC1c2ccccc2-c2ccccc21)C(=O)Nc1c(O)cccc1F. The second-order valence-electron chi connectivity index (χ2n) is 8.08. The topological polar surface area (TPSA) is 125 Å². The Morgan fingerprint density at radius 2 is 1.57 bits per heavy atom. The van der Waals surface area contributed by atoms with Crippen molar-refractivity contribution in [1.82, 2.24) is 5.32 Å². The summed E-state index contributed by atoms with van der Waals surface area (Å²) in [7, 11) is 0. The molecule has 0 aromatic heterocycles. The number of phenols is 1. The molecule has 35 heavy (non-hydrogen) atoms. The highest BCUT2D eigenvalue weighted by molar-refractivity contribution is 5.98. The van der Waals surface area contributed by atoms with Gasteiger partial charge in [0.2, 0.25) is 5.91 Å². The van der Waals surface area contributed by atoms with Gasteiger partial charge < -0.3 is 25.6 Å². The van der Waals surface area contributed by atoms with Gasteiger partial charge in [-0.05, 0) is 40.8 Å². The molecular formula is C26H23FN2O6. The van der Waals surface area contributed by atoms with E-state index in [0.29, 0.717) is 0 Å². The third kappa shape index (κ3) is 5.24. The van der Waals surface area contributed by atoms with Gasteiger partial charge in [-0.3, -0.25) is 9.59 Å². The molecule has 2 amide bonds. The van der Waals surface area contributed by atoms with E-state index in [0.717, 1.165) is 28.3 Å². The Morgan fingerprint density at radius 3 is 2.17 bits per heavy atom. The van der Waals surface area contributed by atoms with Crippen molar-refractivity contribution in [2.24, 2.45) is 0 Å². The second kappa shape index (κ2) is 10.3. The summed E-state index contributed by atoms with van der Waals surface area (Å²) in [6, 6.07) is 17.8. The molecule has 0 bridgehead atoms. The monoisotopic (exact) mass is 478 g/mol. The molecule has 3 aromatic rings. The van der Waals surface area contributed by atoms with Crippen LogP contribution in [0, 0.1) is 5.82 Å². The number of hydrogen-bond acceptors (Lipinski definition) is 5. The summed E-state index contributed by atoms with van der Waals surface area (Å²) in [5.74, 6) is -3.64. The van der Waals surface area contributed by atoms with E-state index in [4.69, 9.17) is 9.84 Å². The predicted molar refractivity (Wildman–Crippen MR) is 126 cm³/mol. The maximum atomic E-state index is 14.0. The molecule has 0 radical (unpaired) electrons. The summed E-state index contributed by atoms with van der Waals surface area (Å²) in [6.07, 6.45) is -1.61. The highest BCUT2D eigenvalue weighted by atomic mass is 19.1. The molecule has 0 saturated heterocycles. The number of carboxylic acid groups (broad SMARTS) is 1. The van der Waals surface area contributed by atoms with Gasteiger partial charge in [0, 0.05) is 12.3 Å². The van der Waals surface area contributed by atoms with Gasteiger partial charge in [0.15, 0.2) is 5.82 Å². The summed E-state index contributed by atoms with van der Waals surface area (Å²) >= 11 is 0. The largest absolute Gasteiger partial charge is 0.506 e. The zero-order valence-corrected chi connectivity index (χ0v) is 18.5. The second-order valence-corrected chi connectivity index (χ2v) is 8.08. The van der Waals surface area contributed by atoms with Crippen LogP contribution in [0.4, 0.5) is 14.9 Å². The van der Waals surface area contributed by atoms with Gasteiger partial charge in [0.1, 0.15) is 24.1 Å². The van der Waals surface area contributed by atoms with Crippen LogP contribution >= 0.6 is 0 Å². The maximum absolute atomic E-state index is 14.0. The van der Waals surface area contributed by atoms with E-state index in [9.17, 15) is 23.9 Å². The number of para-hydroxylation sites is 1. The summed E-state index contributed by atoms with van der Waals surface area (Å²) in [6.45, 7) is 0.00122. The molecule has 4 rings (SSSR count). The first-order valence-corrected chi connectivity index (χ1v) is 11.0. The van der Waals surface area contributed by atoms with Crippen molar-refractivity contribution >= 4 is 23.7 Å². The number of alkyl carbamates (subject to hydrolysis) is 1. The number of nitrogens with one attached hydrogen (secondary N) is 2. The van der Waals surface area contributed by atoms with Crippen molar-refractivity contribution in [3.8, 4) is 16.9 Å². The number of fused-ring (bicyclic) bond motifs is 3. The van der Waals surface area contributed by atoms with Gasteiger partial charge in [-0.1, -0.05) is 54.6 Å². The molecule has 0 spiro atoms. The number of halogens is 1. The van der Waals surface area contributed by atoms with Crippen LogP contribution in [0.25, 0.3) is 11.1 Å². The Kier molecular flexibility index (Phi) is 6.96. The first-order valence-electron chi connectivity index (χ1n) is 11.0. The summed E-state index contributed by atoms with van der Waals surface area (Å²) < 4.78 is 19.4. The highest BCUT2D eigenvalue weighted by Gasteiger charge is 2.30. The molecule has 180 valence electrons. The first kappa shape index (κ1) is 23.7. The smallest absolute Gasteiger partial charge is 0.407 e. The Morgan fingerprint density at radius 1 is 0.943 bits per heavy atom. The van der Waals surface area contributed by atoms with E-state index in [1.54, 1.807) is 0 Å². The lowest BCUT2D eigenvalue weighted by Gasteiger charge is -2.20. The van der Waals surface area contributed by atoms with Crippen molar-refractivity contribution in [2.45, 2.75) is 24.8 Å². The number of carbonyl (C=O) groups excluding carboxylic acids is 2. The lowest BCUT2D eigenvalue weighted by Crippen LogP contribution is -2.44. The summed E-state index contributed by atoms with van der Waals surface area (Å²) in [4.78, 5) is 36.3. The fraction of sp³-hybridized carbons (Fsp3) is 0.192. The number of aliphatic carboxylic acids is 1. The minimum atomic E-state index is -1.33. The van der Waals surface area contributed by atoms with Crippen molar-refractivity contribution in [3.63, 3.8) is 0 Å². The lowest BCUT2D eigenvalue weighted by atomic mass is 9.98. The van der Waals surface area contributed by atoms with Gasteiger partial charge >= 0.3 is 12.1 Å². The Labute approximate surface area is 200 Å². The number of phenolic OH excluding ortho intramolecular Hbond substituents is 1. The number of amides is 2. The van der Waals surface area contributed by atoms with Crippen molar-refractivity contribution < 1.29 is 33.7 Å². The van der Waals surface area contributed by atoms with Crippen molar-refractivity contribution in [1.29, 1.82) is 0 Å². The molecule has 1 atom stereocenters. The molecule has 1 unspecified atom stereocenters. The van der Waals surface area contributed by atoms with Crippen LogP contribution in [0.2, 0.25) is 0 Å². The zero-order chi connectivity index (χ0) is 24.9. The first-order chi connectivity index (χ1) is 16.8. The fourth-order valence-corrected chi connectivity index (χ4v) is 4.17. The van der Waals surface area contributed by atoms with Gasteiger partial charge in [0.05, 0.1) is 0 Å². The molecule has 3 aromatic carbocycles. The predicted octanol–water partition coefficient (Wildman–Crippen LogP) is 4.24. The third-order valence-electron chi connectivity index (χ3n) is 5.84. The number of anilines is 1. The van der Waals surface area contributed by atoms with E-state index in [1.165, 1.54) is 12.1 Å². The van der Waals surface area contributed by atoms with Gasteiger partial charge in [-0.25, -0.2) is 9.18 Å². The quantitative estimate of drug-likeness (QED) is 0.359. The number of aromatic hydroxyl groups is 1. The molecule has 0 fully saturated rings. The fourth-order valence-electron chi connectivity index (χ4n) is 4.17. The van der Waals surface area contributed by atoms with Gasteiger partial charge in [0.25, 0.3) is 0 Å². The van der Waals surface area contributed by atoms with Crippen LogP contribution < -0.4 is 10.6 Å². The van der Waals surface area contributed by atoms with Crippen LogP contribution in [0.15, 0.2) is 66.7 Å². The number of benzene rings is 3. The van der Waals surface area contributed by atoms with E-state index in [2.05, 4.69) is 10.6 Å². The number of ether oxygens (including phenoxy) is 1. The van der Waals surface area contributed by atoms with E-state index < -0.39 is 47.7 Å². The normalized spacial score (nSPS) is 12.8. The third-order valence-corrected chi connectivity index (χ3v) is 5.84. The number of rotatable bonds is 8. The molecule has 1 aliphatic carbocycles. The average molecular weight is 478 g/mol. The summed E-state index contributed by atoms with van der Waals surface area (Å²) in [5, 5.41) is 23.4. The number of carbonyl (C=O) groups is 3. The molecule has 0 saturated carbocycles. The van der Waals surface area contributed by atoms with Gasteiger partial charge in [-0.15, -0.1) is 0 Å². The van der Waals surface area contributed by atoms with E-state index in [-0.39, 0.29) is 18.9 Å². The Hall–Kier alpha value is -4.40.